The zero-order valence-corrected chi connectivity index (χ0v) is 8.54. The molecule has 0 aromatic heterocycles. The van der Waals surface area contributed by atoms with Crippen LogP contribution in [0.15, 0.2) is 25.3 Å². The van der Waals surface area contributed by atoms with E-state index in [1.165, 1.54) is 0 Å². The molecule has 0 aromatic carbocycles. The molecular weight excluding hydrogens is 185 g/mol. The van der Waals surface area contributed by atoms with Crippen molar-refractivity contribution in [2.45, 2.75) is 18.9 Å². The van der Waals surface area contributed by atoms with Gasteiger partial charge in [-0.3, -0.25) is 9.18 Å². The van der Waals surface area contributed by atoms with Crippen LogP contribution in [0.3, 0.4) is 0 Å². The highest BCUT2D eigenvalue weighted by atomic mass is 19.1. The first kappa shape index (κ1) is 15.3. The predicted molar refractivity (Wildman–Crippen MR) is 55.6 cm³/mol. The summed E-state index contributed by atoms with van der Waals surface area (Å²) in [6.45, 7) is 8.94. The maximum absolute atomic E-state index is 11.1. The van der Waals surface area contributed by atoms with E-state index >= 15 is 0 Å². The van der Waals surface area contributed by atoms with Crippen LogP contribution in [-0.4, -0.2) is 25.3 Å². The Morgan fingerprint density at radius 1 is 1.50 bits per heavy atom. The summed E-state index contributed by atoms with van der Waals surface area (Å²) in [6.07, 6.45) is 3.61. The van der Waals surface area contributed by atoms with Gasteiger partial charge in [0.2, 0.25) is 0 Å². The Labute approximate surface area is 84.4 Å². The van der Waals surface area contributed by atoms with E-state index in [1.807, 2.05) is 6.92 Å². The van der Waals surface area contributed by atoms with Gasteiger partial charge in [0.15, 0.2) is 0 Å². The smallest absolute Gasteiger partial charge is 0.293 e. The summed E-state index contributed by atoms with van der Waals surface area (Å²) >= 11 is 0. The number of alkyl halides is 1. The average molecular weight is 203 g/mol. The van der Waals surface area contributed by atoms with Crippen molar-refractivity contribution < 1.29 is 13.9 Å². The van der Waals surface area contributed by atoms with Gasteiger partial charge in [0.1, 0.15) is 0 Å². The lowest BCUT2D eigenvalue weighted by atomic mass is 10.1. The molecule has 0 amide bonds. The van der Waals surface area contributed by atoms with Crippen LogP contribution in [0, 0.1) is 0 Å². The maximum Gasteiger partial charge on any atom is 0.293 e. The quantitative estimate of drug-likeness (QED) is 0.405. The van der Waals surface area contributed by atoms with Gasteiger partial charge in [-0.1, -0.05) is 12.2 Å². The summed E-state index contributed by atoms with van der Waals surface area (Å²) in [6, 6.07) is 0. The predicted octanol–water partition coefficient (Wildman–Crippen LogP) is 1.59. The molecule has 0 aliphatic rings. The SMILES string of the molecule is C=CC(C)(N)C=C.O=COCCCF. The minimum Gasteiger partial charge on any atom is -0.468 e. The molecule has 82 valence electrons. The lowest BCUT2D eigenvalue weighted by Gasteiger charge is -2.11. The first-order valence-electron chi connectivity index (χ1n) is 4.21. The van der Waals surface area contributed by atoms with E-state index in [9.17, 15) is 9.18 Å². The Bertz CT molecular complexity index is 160. The van der Waals surface area contributed by atoms with Crippen molar-refractivity contribution in [2.75, 3.05) is 13.3 Å². The standard InChI is InChI=1S/C6H11N.C4H7FO2/c1-4-6(3,7)5-2;5-2-1-3-7-4-6/h4-5H,1-2,7H2,3H3;4H,1-3H2. The Morgan fingerprint density at radius 2 is 2.00 bits per heavy atom. The number of carbonyl (C=O) groups excluding carboxylic acids is 1. The Morgan fingerprint density at radius 3 is 2.21 bits per heavy atom. The third-order valence-electron chi connectivity index (χ3n) is 1.34. The van der Waals surface area contributed by atoms with Gasteiger partial charge >= 0.3 is 0 Å². The summed E-state index contributed by atoms with van der Waals surface area (Å²) in [7, 11) is 0. The highest BCUT2D eigenvalue weighted by Gasteiger charge is 2.03. The van der Waals surface area contributed by atoms with Crippen molar-refractivity contribution >= 4 is 6.47 Å². The van der Waals surface area contributed by atoms with Crippen molar-refractivity contribution in [3.05, 3.63) is 25.3 Å². The van der Waals surface area contributed by atoms with Gasteiger partial charge in [-0.25, -0.2) is 0 Å². The molecule has 4 heteroatoms. The van der Waals surface area contributed by atoms with Gasteiger partial charge in [-0.05, 0) is 6.92 Å². The van der Waals surface area contributed by atoms with E-state index < -0.39 is 6.67 Å². The van der Waals surface area contributed by atoms with Crippen LogP contribution in [0.4, 0.5) is 4.39 Å². The van der Waals surface area contributed by atoms with Gasteiger partial charge < -0.3 is 10.5 Å². The molecule has 0 saturated carbocycles. The molecule has 3 nitrogen and oxygen atoms in total. The second-order valence-electron chi connectivity index (χ2n) is 2.78. The highest BCUT2D eigenvalue weighted by Crippen LogP contribution is 1.98. The summed E-state index contributed by atoms with van der Waals surface area (Å²) in [4.78, 5) is 9.34. The Kier molecular flexibility index (Phi) is 10.9. The fourth-order valence-corrected chi connectivity index (χ4v) is 0.269. The molecule has 0 aromatic rings. The number of ether oxygens (including phenoxy) is 1. The van der Waals surface area contributed by atoms with Crippen LogP contribution in [0.1, 0.15) is 13.3 Å². The molecule has 14 heavy (non-hydrogen) atoms. The molecule has 0 rings (SSSR count). The van der Waals surface area contributed by atoms with E-state index in [-0.39, 0.29) is 12.1 Å². The zero-order chi connectivity index (χ0) is 11.4. The number of hydrogen-bond acceptors (Lipinski definition) is 3. The fourth-order valence-electron chi connectivity index (χ4n) is 0.269. The van der Waals surface area contributed by atoms with E-state index in [2.05, 4.69) is 17.9 Å². The molecule has 0 unspecified atom stereocenters. The lowest BCUT2D eigenvalue weighted by Crippen LogP contribution is -2.29. The summed E-state index contributed by atoms with van der Waals surface area (Å²) in [5.41, 5.74) is 5.09. The topological polar surface area (TPSA) is 52.3 Å². The van der Waals surface area contributed by atoms with Crippen molar-refractivity contribution in [1.29, 1.82) is 0 Å². The first-order chi connectivity index (χ1) is 6.54. The second kappa shape index (κ2) is 9.92. The molecule has 0 aliphatic heterocycles. The monoisotopic (exact) mass is 203 g/mol. The zero-order valence-electron chi connectivity index (χ0n) is 8.54. The van der Waals surface area contributed by atoms with Crippen LogP contribution in [0.5, 0.6) is 0 Å². The van der Waals surface area contributed by atoms with Gasteiger partial charge in [0.25, 0.3) is 6.47 Å². The molecule has 0 saturated heterocycles. The molecule has 0 heterocycles. The van der Waals surface area contributed by atoms with Crippen LogP contribution < -0.4 is 5.73 Å². The van der Waals surface area contributed by atoms with E-state index in [0.717, 1.165) is 0 Å². The molecule has 0 aliphatic carbocycles. The fraction of sp³-hybridized carbons (Fsp3) is 0.500. The van der Waals surface area contributed by atoms with Crippen LogP contribution in [-0.2, 0) is 9.53 Å². The van der Waals surface area contributed by atoms with Gasteiger partial charge in [0.05, 0.1) is 13.3 Å². The largest absolute Gasteiger partial charge is 0.468 e. The van der Waals surface area contributed by atoms with E-state index in [4.69, 9.17) is 5.73 Å². The average Bonchev–Trinajstić information content (AvgIpc) is 2.20. The minimum absolute atomic E-state index is 0.194. The molecule has 2 N–H and O–H groups in total. The second-order valence-corrected chi connectivity index (χ2v) is 2.78. The Balaban J connectivity index is 0. The molecular formula is C10H18FNO2. The van der Waals surface area contributed by atoms with Gasteiger partial charge in [0, 0.05) is 12.0 Å². The number of hydrogen-bond donors (Lipinski definition) is 1. The third-order valence-corrected chi connectivity index (χ3v) is 1.34. The first-order valence-corrected chi connectivity index (χ1v) is 4.21. The van der Waals surface area contributed by atoms with Gasteiger partial charge in [-0.2, -0.15) is 0 Å². The molecule has 0 radical (unpaired) electrons. The van der Waals surface area contributed by atoms with E-state index in [0.29, 0.717) is 12.9 Å². The van der Waals surface area contributed by atoms with Crippen molar-refractivity contribution in [3.8, 4) is 0 Å². The molecule has 0 spiro atoms. The van der Waals surface area contributed by atoms with Crippen LogP contribution in [0.2, 0.25) is 0 Å². The molecule has 0 fully saturated rings. The number of nitrogens with two attached hydrogens (primary N) is 1. The normalized spacial score (nSPS) is 9.36. The maximum atomic E-state index is 11.1. The van der Waals surface area contributed by atoms with Crippen LogP contribution >= 0.6 is 0 Å². The molecule has 0 bridgehead atoms. The Hall–Kier alpha value is -1.16. The lowest BCUT2D eigenvalue weighted by molar-refractivity contribution is -0.128. The summed E-state index contributed by atoms with van der Waals surface area (Å²) in [5, 5.41) is 0. The highest BCUT2D eigenvalue weighted by molar-refractivity contribution is 5.36. The van der Waals surface area contributed by atoms with Gasteiger partial charge in [-0.15, -0.1) is 13.2 Å². The minimum atomic E-state index is -0.423. The third kappa shape index (κ3) is 13.4. The van der Waals surface area contributed by atoms with Crippen molar-refractivity contribution in [1.82, 2.24) is 0 Å². The van der Waals surface area contributed by atoms with Crippen LogP contribution in [0.25, 0.3) is 0 Å². The number of carbonyl (C=O) groups is 1. The summed E-state index contributed by atoms with van der Waals surface area (Å²) in [5.74, 6) is 0. The number of rotatable bonds is 6. The molecule has 0 atom stereocenters. The van der Waals surface area contributed by atoms with Crippen molar-refractivity contribution in [2.24, 2.45) is 5.73 Å². The summed E-state index contributed by atoms with van der Waals surface area (Å²) < 4.78 is 15.3. The van der Waals surface area contributed by atoms with E-state index in [1.54, 1.807) is 12.2 Å². The van der Waals surface area contributed by atoms with Crippen molar-refractivity contribution in [3.63, 3.8) is 0 Å². The number of halogens is 1.